The quantitative estimate of drug-likeness (QED) is 0.613. The van der Waals surface area contributed by atoms with Crippen LogP contribution in [0.3, 0.4) is 0 Å². The zero-order valence-electron chi connectivity index (χ0n) is 18.4. The molecule has 0 unspecified atom stereocenters. The summed E-state index contributed by atoms with van der Waals surface area (Å²) in [4.78, 5) is 12.9. The number of rotatable bonds is 6. The number of amides is 1. The van der Waals surface area contributed by atoms with Gasteiger partial charge in [0.2, 0.25) is 0 Å². The zero-order valence-corrected chi connectivity index (χ0v) is 19.2. The molecule has 1 aromatic carbocycles. The van der Waals surface area contributed by atoms with Gasteiger partial charge in [-0.15, -0.1) is 13.2 Å². The summed E-state index contributed by atoms with van der Waals surface area (Å²) in [5.74, 6) is 0.698. The van der Waals surface area contributed by atoms with Crippen LogP contribution in [0.15, 0.2) is 30.6 Å². The van der Waals surface area contributed by atoms with Gasteiger partial charge >= 0.3 is 6.36 Å². The van der Waals surface area contributed by atoms with E-state index in [0.29, 0.717) is 41.3 Å². The molecule has 0 spiro atoms. The first-order valence-electron chi connectivity index (χ1n) is 11.4. The van der Waals surface area contributed by atoms with Gasteiger partial charge in [-0.3, -0.25) is 14.2 Å². The van der Waals surface area contributed by atoms with Gasteiger partial charge < -0.3 is 19.9 Å². The van der Waals surface area contributed by atoms with Gasteiger partial charge in [-0.1, -0.05) is 11.6 Å². The van der Waals surface area contributed by atoms with Gasteiger partial charge in [0.1, 0.15) is 11.9 Å². The average Bonchev–Trinajstić information content (AvgIpc) is 3.15. The van der Waals surface area contributed by atoms with Crippen LogP contribution in [-0.2, 0) is 15.1 Å². The summed E-state index contributed by atoms with van der Waals surface area (Å²) in [5.41, 5.74) is 0.0506. The number of fused-ring (bicyclic) bond motifs is 1. The number of ether oxygens (including phenoxy) is 3. The summed E-state index contributed by atoms with van der Waals surface area (Å²) in [7, 11) is 0. The number of nitrogens with zero attached hydrogens (tertiary/aromatic N) is 2. The number of carbonyl (C=O) groups excluding carboxylic acids is 1. The van der Waals surface area contributed by atoms with Crippen LogP contribution in [0, 0.1) is 0 Å². The standard InChI is InChI=1S/C23H23ClF3N3O5/c24-12-1-2-18-16(3-12)17(31)6-19(34-18)20(32)29-21-9-22(10-21,11-21)30-8-15(7-28-30)33-13-4-14(5-13)35-23(25,26)27/h1-3,7-8,13-14,17,19,31H,4-6,9-11H2,(H,29,32)/t13?,14?,17-,19+,21?,22?/m1/s1. The number of benzene rings is 1. The van der Waals surface area contributed by atoms with Crippen molar-refractivity contribution < 1.29 is 37.3 Å². The molecule has 1 aliphatic heterocycles. The van der Waals surface area contributed by atoms with Gasteiger partial charge in [-0.2, -0.15) is 5.10 Å². The first-order valence-corrected chi connectivity index (χ1v) is 11.8. The number of carbonyl (C=O) groups is 1. The molecule has 2 atom stereocenters. The summed E-state index contributed by atoms with van der Waals surface area (Å²) < 4.78 is 54.1. The molecule has 2 heterocycles. The van der Waals surface area contributed by atoms with Crippen molar-refractivity contribution in [1.29, 1.82) is 0 Å². The number of aliphatic hydroxyl groups excluding tert-OH is 1. The smallest absolute Gasteiger partial charge is 0.487 e. The van der Waals surface area contributed by atoms with Crippen LogP contribution >= 0.6 is 11.6 Å². The van der Waals surface area contributed by atoms with Crippen molar-refractivity contribution in [3.05, 3.63) is 41.2 Å². The maximum atomic E-state index is 12.9. The summed E-state index contributed by atoms with van der Waals surface area (Å²) in [5, 5.41) is 18.4. The third kappa shape index (κ3) is 4.13. The Labute approximate surface area is 203 Å². The fraction of sp³-hybridized carbons (Fsp3) is 0.565. The van der Waals surface area contributed by atoms with E-state index in [1.165, 1.54) is 0 Å². The van der Waals surface area contributed by atoms with Crippen molar-refractivity contribution in [1.82, 2.24) is 15.1 Å². The number of hydrogen-bond donors (Lipinski definition) is 2. The minimum atomic E-state index is -4.63. The van der Waals surface area contributed by atoms with Crippen molar-refractivity contribution >= 4 is 17.5 Å². The lowest BCUT2D eigenvalue weighted by atomic mass is 9.44. The molecule has 35 heavy (non-hydrogen) atoms. The molecule has 1 amide bonds. The van der Waals surface area contributed by atoms with Crippen LogP contribution in [0.1, 0.15) is 50.2 Å². The second kappa shape index (κ2) is 7.75. The molecule has 2 aromatic rings. The number of hydrogen-bond acceptors (Lipinski definition) is 6. The molecule has 188 valence electrons. The molecule has 4 fully saturated rings. The lowest BCUT2D eigenvalue weighted by Gasteiger charge is -2.70. The Bertz CT molecular complexity index is 1150. The molecular formula is C23H23ClF3N3O5. The second-order valence-electron chi connectivity index (χ2n) is 10.1. The van der Waals surface area contributed by atoms with Gasteiger partial charge in [0.25, 0.3) is 5.91 Å². The summed E-state index contributed by atoms with van der Waals surface area (Å²) in [6.07, 6.45) is -1.49. The Balaban J connectivity index is 1.00. The summed E-state index contributed by atoms with van der Waals surface area (Å²) >= 11 is 5.98. The highest BCUT2D eigenvalue weighted by atomic mass is 35.5. The summed E-state index contributed by atoms with van der Waals surface area (Å²) in [6.45, 7) is 0. The van der Waals surface area contributed by atoms with Crippen LogP contribution in [0.2, 0.25) is 5.02 Å². The van der Waals surface area contributed by atoms with E-state index < -0.39 is 24.7 Å². The Hall–Kier alpha value is -2.50. The third-order valence-corrected chi connectivity index (χ3v) is 7.66. The fourth-order valence-corrected chi connectivity index (χ4v) is 5.93. The van der Waals surface area contributed by atoms with Crippen molar-refractivity contribution in [3.8, 4) is 11.5 Å². The van der Waals surface area contributed by atoms with E-state index in [0.717, 1.165) is 0 Å². The molecule has 0 radical (unpaired) electrons. The van der Waals surface area contributed by atoms with E-state index in [2.05, 4.69) is 15.2 Å². The minimum Gasteiger partial charge on any atom is -0.487 e. The minimum absolute atomic E-state index is 0.149. The molecular weight excluding hydrogens is 491 g/mol. The molecule has 4 saturated carbocycles. The maximum Gasteiger partial charge on any atom is 0.522 e. The highest BCUT2D eigenvalue weighted by Crippen LogP contribution is 2.65. The highest BCUT2D eigenvalue weighted by molar-refractivity contribution is 6.30. The van der Waals surface area contributed by atoms with Crippen molar-refractivity contribution in [2.75, 3.05) is 0 Å². The Morgan fingerprint density at radius 2 is 1.97 bits per heavy atom. The van der Waals surface area contributed by atoms with Gasteiger partial charge in [-0.05, 0) is 37.5 Å². The monoisotopic (exact) mass is 513 g/mol. The molecule has 0 saturated heterocycles. The predicted molar refractivity (Wildman–Crippen MR) is 115 cm³/mol. The van der Waals surface area contributed by atoms with Crippen LogP contribution in [0.4, 0.5) is 13.2 Å². The third-order valence-electron chi connectivity index (χ3n) is 7.42. The Kier molecular flexibility index (Phi) is 5.08. The number of nitrogens with one attached hydrogen (secondary N) is 1. The van der Waals surface area contributed by atoms with E-state index >= 15 is 0 Å². The van der Waals surface area contributed by atoms with Crippen molar-refractivity contribution in [2.45, 2.75) is 80.4 Å². The zero-order chi connectivity index (χ0) is 24.6. The van der Waals surface area contributed by atoms with Gasteiger partial charge in [0.05, 0.1) is 30.1 Å². The molecule has 7 rings (SSSR count). The molecule has 1 aromatic heterocycles. The molecule has 2 bridgehead atoms. The van der Waals surface area contributed by atoms with Crippen LogP contribution < -0.4 is 14.8 Å². The summed E-state index contributed by atoms with van der Waals surface area (Å²) in [6, 6.07) is 4.95. The van der Waals surface area contributed by atoms with Gasteiger partial charge in [0, 0.05) is 35.4 Å². The van der Waals surface area contributed by atoms with E-state index in [-0.39, 0.29) is 42.4 Å². The topological polar surface area (TPSA) is 94.8 Å². The van der Waals surface area contributed by atoms with Crippen LogP contribution in [-0.4, -0.2) is 51.0 Å². The molecule has 8 nitrogen and oxygen atoms in total. The average molecular weight is 514 g/mol. The second-order valence-corrected chi connectivity index (χ2v) is 10.5. The number of aliphatic hydroxyl groups is 1. The molecule has 2 N–H and O–H groups in total. The van der Waals surface area contributed by atoms with Crippen molar-refractivity contribution in [3.63, 3.8) is 0 Å². The lowest BCUT2D eigenvalue weighted by Crippen LogP contribution is -2.79. The van der Waals surface area contributed by atoms with Gasteiger partial charge in [-0.25, -0.2) is 0 Å². The Morgan fingerprint density at radius 3 is 2.69 bits per heavy atom. The lowest BCUT2D eigenvalue weighted by molar-refractivity contribution is -0.355. The van der Waals surface area contributed by atoms with E-state index in [1.807, 2.05) is 4.68 Å². The number of alkyl halides is 3. The predicted octanol–water partition coefficient (Wildman–Crippen LogP) is 3.62. The number of halogens is 4. The van der Waals surface area contributed by atoms with E-state index in [1.54, 1.807) is 30.6 Å². The fourth-order valence-electron chi connectivity index (χ4n) is 5.75. The Morgan fingerprint density at radius 1 is 1.23 bits per heavy atom. The molecule has 5 aliphatic rings. The van der Waals surface area contributed by atoms with Gasteiger partial charge in [0.15, 0.2) is 11.9 Å². The van der Waals surface area contributed by atoms with E-state index in [4.69, 9.17) is 21.1 Å². The molecule has 12 heteroatoms. The number of aromatic nitrogens is 2. The van der Waals surface area contributed by atoms with Crippen molar-refractivity contribution in [2.24, 2.45) is 0 Å². The van der Waals surface area contributed by atoms with E-state index in [9.17, 15) is 23.1 Å². The highest BCUT2D eigenvalue weighted by Gasteiger charge is 2.70. The maximum absolute atomic E-state index is 12.9. The first-order chi connectivity index (χ1) is 16.5. The normalized spacial score (nSPS) is 35.0. The van der Waals surface area contributed by atoms with Crippen LogP contribution in [0.5, 0.6) is 11.5 Å². The SMILES string of the molecule is O=C(NC12CC(n3cc(OC4CC(OC(F)(F)F)C4)cn3)(C1)C2)[C@@H]1C[C@@H](O)c2cc(Cl)ccc2O1. The van der Waals surface area contributed by atoms with Crippen LogP contribution in [0.25, 0.3) is 0 Å². The largest absolute Gasteiger partial charge is 0.522 e. The first kappa shape index (κ1) is 22.9. The molecule has 4 aliphatic carbocycles.